The Labute approximate surface area is 89.8 Å². The average molecular weight is 253 g/mol. The summed E-state index contributed by atoms with van der Waals surface area (Å²) in [6.07, 6.45) is 0.994. The first-order valence-corrected chi connectivity index (χ1v) is 5.29. The van der Waals surface area contributed by atoms with E-state index in [1.165, 1.54) is 0 Å². The van der Waals surface area contributed by atoms with Crippen LogP contribution in [0, 0.1) is 10.1 Å². The number of aromatic nitrogens is 1. The summed E-state index contributed by atoms with van der Waals surface area (Å²) in [5, 5.41) is 10.4. The third-order valence-electron chi connectivity index (χ3n) is 1.46. The Morgan fingerprint density at radius 2 is 2.40 bits per heavy atom. The maximum Gasteiger partial charge on any atom is 0.316 e. The molecule has 0 amide bonds. The minimum Gasteiger partial charge on any atom is -0.326 e. The Morgan fingerprint density at radius 3 is 2.93 bits per heavy atom. The molecule has 0 aliphatic carbocycles. The molecule has 7 nitrogen and oxygen atoms in total. The molecule has 15 heavy (non-hydrogen) atoms. The minimum atomic E-state index is -3.09. The van der Waals surface area contributed by atoms with Crippen LogP contribution >= 0.6 is 19.9 Å². The zero-order valence-corrected chi connectivity index (χ0v) is 8.97. The van der Waals surface area contributed by atoms with Gasteiger partial charge in [0.15, 0.2) is 0 Å². The van der Waals surface area contributed by atoms with E-state index in [2.05, 4.69) is 9.51 Å². The molecular formula is C6H6ClN2O5P. The number of pyridine rings is 1. The van der Waals surface area contributed by atoms with E-state index in [4.69, 9.17) is 16.5 Å². The van der Waals surface area contributed by atoms with Gasteiger partial charge in [0.2, 0.25) is 0 Å². The van der Waals surface area contributed by atoms with Gasteiger partial charge in [0.1, 0.15) is 11.3 Å². The van der Waals surface area contributed by atoms with Crippen LogP contribution in [0.5, 0.6) is 0 Å². The molecule has 82 valence electrons. The molecule has 1 N–H and O–H groups in total. The maximum absolute atomic E-state index is 10.4. The second-order valence-corrected chi connectivity index (χ2v) is 3.63. The van der Waals surface area contributed by atoms with Gasteiger partial charge in [-0.3, -0.25) is 14.7 Å². The number of rotatable bonds is 4. The summed E-state index contributed by atoms with van der Waals surface area (Å²) in [6.45, 7) is -0.290. The molecule has 0 bridgehead atoms. The lowest BCUT2D eigenvalue weighted by Crippen LogP contribution is -1.95. The molecule has 0 aliphatic rings. The van der Waals surface area contributed by atoms with Crippen molar-refractivity contribution in [3.8, 4) is 0 Å². The van der Waals surface area contributed by atoms with Gasteiger partial charge >= 0.3 is 8.25 Å². The van der Waals surface area contributed by atoms with E-state index in [1.54, 1.807) is 0 Å². The van der Waals surface area contributed by atoms with Gasteiger partial charge in [-0.1, -0.05) is 11.6 Å². The largest absolute Gasteiger partial charge is 0.326 e. The molecule has 9 heteroatoms. The van der Waals surface area contributed by atoms with Crippen molar-refractivity contribution in [2.75, 3.05) is 0 Å². The topological polar surface area (TPSA) is 103 Å². The number of nitro groups is 1. The van der Waals surface area contributed by atoms with E-state index >= 15 is 0 Å². The quantitative estimate of drug-likeness (QED) is 0.377. The predicted molar refractivity (Wildman–Crippen MR) is 51.9 cm³/mol. The van der Waals surface area contributed by atoms with Crippen LogP contribution in [-0.2, 0) is 15.7 Å². The van der Waals surface area contributed by atoms with Gasteiger partial charge in [0, 0.05) is 11.6 Å². The zero-order valence-electron chi connectivity index (χ0n) is 7.21. The van der Waals surface area contributed by atoms with Crippen molar-refractivity contribution in [1.82, 2.24) is 4.98 Å². The van der Waals surface area contributed by atoms with Crippen LogP contribution in [0.15, 0.2) is 12.3 Å². The summed E-state index contributed by atoms with van der Waals surface area (Å²) < 4.78 is 14.7. The fourth-order valence-corrected chi connectivity index (χ4v) is 1.26. The Bertz CT molecular complexity index is 413. The van der Waals surface area contributed by atoms with Gasteiger partial charge in [-0.2, -0.15) is 0 Å². The molecule has 1 aromatic heterocycles. The molecule has 0 aliphatic heterocycles. The van der Waals surface area contributed by atoms with E-state index in [9.17, 15) is 14.7 Å². The Kier molecular flexibility index (Phi) is 4.16. The average Bonchev–Trinajstić information content (AvgIpc) is 2.16. The van der Waals surface area contributed by atoms with E-state index in [-0.39, 0.29) is 23.0 Å². The van der Waals surface area contributed by atoms with Crippen LogP contribution in [-0.4, -0.2) is 14.8 Å². The van der Waals surface area contributed by atoms with Crippen LogP contribution in [0.25, 0.3) is 0 Å². The second kappa shape index (κ2) is 5.18. The van der Waals surface area contributed by atoms with Gasteiger partial charge < -0.3 is 9.42 Å². The van der Waals surface area contributed by atoms with Crippen molar-refractivity contribution < 1.29 is 18.9 Å². The summed E-state index contributed by atoms with van der Waals surface area (Å²) >= 11 is 5.60. The first kappa shape index (κ1) is 12.1. The zero-order chi connectivity index (χ0) is 11.4. The third kappa shape index (κ3) is 3.56. The maximum atomic E-state index is 10.4. The van der Waals surface area contributed by atoms with Gasteiger partial charge in [-0.05, 0) is 0 Å². The molecule has 1 heterocycles. The van der Waals surface area contributed by atoms with Gasteiger partial charge in [0.25, 0.3) is 5.69 Å². The van der Waals surface area contributed by atoms with Crippen molar-refractivity contribution >= 4 is 25.5 Å². The number of halogens is 1. The van der Waals surface area contributed by atoms with E-state index in [0.717, 1.165) is 12.3 Å². The molecule has 1 rings (SSSR count). The Balaban J connectivity index is 2.90. The van der Waals surface area contributed by atoms with Crippen molar-refractivity contribution in [1.29, 1.82) is 0 Å². The molecule has 0 aromatic carbocycles. The lowest BCUT2D eigenvalue weighted by molar-refractivity contribution is -0.385. The summed E-state index contributed by atoms with van der Waals surface area (Å²) in [7, 11) is -3.09. The van der Waals surface area contributed by atoms with E-state index in [1.807, 2.05) is 0 Å². The first-order chi connectivity index (χ1) is 7.00. The van der Waals surface area contributed by atoms with Gasteiger partial charge in [-0.25, -0.2) is 4.98 Å². The van der Waals surface area contributed by atoms with Gasteiger partial charge in [0.05, 0.1) is 11.5 Å². The fraction of sp³-hybridized carbons (Fsp3) is 0.167. The van der Waals surface area contributed by atoms with Crippen molar-refractivity contribution in [3.63, 3.8) is 0 Å². The van der Waals surface area contributed by atoms with Crippen LogP contribution in [0.1, 0.15) is 5.56 Å². The summed E-state index contributed by atoms with van der Waals surface area (Å²) in [5.41, 5.74) is -0.0612. The van der Waals surface area contributed by atoms with E-state index < -0.39 is 13.2 Å². The number of hydrogen-bond donors (Lipinski definition) is 1. The van der Waals surface area contributed by atoms with E-state index in [0.29, 0.717) is 0 Å². The highest BCUT2D eigenvalue weighted by molar-refractivity contribution is 7.32. The van der Waals surface area contributed by atoms with Crippen LogP contribution in [0.2, 0.25) is 5.15 Å². The molecule has 0 saturated heterocycles. The normalized spacial score (nSPS) is 12.4. The molecule has 0 saturated carbocycles. The Hall–Kier alpha value is -1.01. The molecule has 1 aromatic rings. The molecule has 0 fully saturated rings. The van der Waals surface area contributed by atoms with Crippen molar-refractivity contribution in [2.45, 2.75) is 6.61 Å². The first-order valence-electron chi connectivity index (χ1n) is 3.65. The molecule has 0 spiro atoms. The summed E-state index contributed by atoms with van der Waals surface area (Å²) in [5.74, 6) is 0. The lowest BCUT2D eigenvalue weighted by atomic mass is 10.3. The lowest BCUT2D eigenvalue weighted by Gasteiger charge is -2.02. The predicted octanol–water partition coefficient (Wildman–Crippen LogP) is 1.54. The standard InChI is InChI=1S/C6H6ClN2O5P/c7-6-4(3-14-15(12)13)1-5(2-8-6)9(10)11/h1-2,15H,3H2,(H,12,13). The van der Waals surface area contributed by atoms with Crippen LogP contribution in [0.4, 0.5) is 5.69 Å². The highest BCUT2D eigenvalue weighted by atomic mass is 35.5. The van der Waals surface area contributed by atoms with Crippen molar-refractivity contribution in [3.05, 3.63) is 33.1 Å². The fourth-order valence-electron chi connectivity index (χ4n) is 0.822. The second-order valence-electron chi connectivity index (χ2n) is 2.46. The molecule has 1 atom stereocenters. The van der Waals surface area contributed by atoms with Gasteiger partial charge in [-0.15, -0.1) is 0 Å². The Morgan fingerprint density at radius 1 is 1.73 bits per heavy atom. The number of hydrogen-bond acceptors (Lipinski definition) is 5. The molecule has 1 unspecified atom stereocenters. The smallest absolute Gasteiger partial charge is 0.316 e. The third-order valence-corrected chi connectivity index (χ3v) is 2.19. The van der Waals surface area contributed by atoms with Crippen LogP contribution in [0.3, 0.4) is 0 Å². The highest BCUT2D eigenvalue weighted by Gasteiger charge is 2.11. The summed E-state index contributed by atoms with van der Waals surface area (Å²) in [4.78, 5) is 21.7. The molecular weight excluding hydrogens is 247 g/mol. The number of nitrogens with zero attached hydrogens (tertiary/aromatic N) is 2. The minimum absolute atomic E-state index is 0.00356. The summed E-state index contributed by atoms with van der Waals surface area (Å²) in [6, 6.07) is 1.14. The van der Waals surface area contributed by atoms with Crippen LogP contribution < -0.4 is 0 Å². The monoisotopic (exact) mass is 252 g/mol. The van der Waals surface area contributed by atoms with Crippen molar-refractivity contribution in [2.24, 2.45) is 0 Å². The highest BCUT2D eigenvalue weighted by Crippen LogP contribution is 2.24. The SMILES string of the molecule is O=[N+]([O-])c1cnc(Cl)c(CO[PH](=O)O)c1. The molecule has 0 radical (unpaired) electrons.